The number of fused-ring (bicyclic) bond motifs is 1. The number of hydrogen-bond donors (Lipinski definition) is 2. The number of nitrogens with one attached hydrogen (secondary N) is 2. The van der Waals surface area contributed by atoms with Gasteiger partial charge in [0, 0.05) is 33.3 Å². The van der Waals surface area contributed by atoms with Gasteiger partial charge in [0.15, 0.2) is 5.96 Å². The first-order chi connectivity index (χ1) is 13.4. The van der Waals surface area contributed by atoms with Gasteiger partial charge >= 0.3 is 0 Å². The van der Waals surface area contributed by atoms with Gasteiger partial charge in [-0.05, 0) is 37.3 Å². The van der Waals surface area contributed by atoms with Crippen molar-refractivity contribution in [3.63, 3.8) is 0 Å². The number of guanidine groups is 1. The van der Waals surface area contributed by atoms with Crippen LogP contribution in [0, 0.1) is 5.92 Å². The molecule has 1 aliphatic rings. The largest absolute Gasteiger partial charge is 0.378 e. The van der Waals surface area contributed by atoms with Gasteiger partial charge in [0.2, 0.25) is 10.0 Å². The molecule has 7 nitrogen and oxygen atoms in total. The van der Waals surface area contributed by atoms with E-state index in [0.717, 1.165) is 30.6 Å². The van der Waals surface area contributed by atoms with Crippen molar-refractivity contribution in [3.05, 3.63) is 29.8 Å². The van der Waals surface area contributed by atoms with Crippen molar-refractivity contribution in [1.29, 1.82) is 0 Å². The molecule has 0 aliphatic carbocycles. The number of nitrogens with zero attached hydrogens (tertiary/aromatic N) is 2. The van der Waals surface area contributed by atoms with E-state index in [1.165, 1.54) is 4.31 Å². The summed E-state index contributed by atoms with van der Waals surface area (Å²) in [4.78, 5) is 4.17. The highest BCUT2D eigenvalue weighted by molar-refractivity contribution is 7.92. The van der Waals surface area contributed by atoms with Crippen LogP contribution in [0.2, 0.25) is 0 Å². The van der Waals surface area contributed by atoms with E-state index < -0.39 is 10.0 Å². The molecule has 0 radical (unpaired) electrons. The molecule has 0 bridgehead atoms. The standard InChI is InChI=1S/C20H34N4O3S/c1-5-27-19(16(2)3)10-12-22-20(21-4)23-13-15-28(25,26)24-14-11-17-8-6-7-9-18(17)24/h6-9,16,19H,5,10-15H2,1-4H3,(H2,21,22,23). The number of sulfonamides is 1. The third-order valence-corrected chi connectivity index (χ3v) is 6.67. The maximum atomic E-state index is 12.7. The van der Waals surface area contributed by atoms with Crippen LogP contribution in [0.4, 0.5) is 5.69 Å². The van der Waals surface area contributed by atoms with E-state index in [4.69, 9.17) is 4.74 Å². The molecular weight excluding hydrogens is 376 g/mol. The van der Waals surface area contributed by atoms with Gasteiger partial charge in [-0.3, -0.25) is 9.30 Å². The van der Waals surface area contributed by atoms with Crippen LogP contribution >= 0.6 is 0 Å². The van der Waals surface area contributed by atoms with E-state index in [2.05, 4.69) is 29.5 Å². The van der Waals surface area contributed by atoms with Gasteiger partial charge in [-0.1, -0.05) is 32.0 Å². The number of benzene rings is 1. The minimum absolute atomic E-state index is 0.0234. The van der Waals surface area contributed by atoms with E-state index >= 15 is 0 Å². The predicted octanol–water partition coefficient (Wildman–Crippen LogP) is 2.00. The van der Waals surface area contributed by atoms with Crippen LogP contribution in [0.5, 0.6) is 0 Å². The molecule has 1 aromatic carbocycles. The second kappa shape index (κ2) is 10.7. The lowest BCUT2D eigenvalue weighted by molar-refractivity contribution is 0.0258. The van der Waals surface area contributed by atoms with Crippen molar-refractivity contribution in [3.8, 4) is 0 Å². The summed E-state index contributed by atoms with van der Waals surface area (Å²) in [5.41, 5.74) is 1.89. The molecule has 1 aliphatic heterocycles. The van der Waals surface area contributed by atoms with Crippen LogP contribution in [-0.2, 0) is 21.2 Å². The molecule has 158 valence electrons. The molecule has 1 heterocycles. The molecule has 1 unspecified atom stereocenters. The Balaban J connectivity index is 1.79. The van der Waals surface area contributed by atoms with Crippen LogP contribution in [0.1, 0.15) is 32.8 Å². The summed E-state index contributed by atoms with van der Waals surface area (Å²) in [6, 6.07) is 7.68. The molecule has 28 heavy (non-hydrogen) atoms. The van der Waals surface area contributed by atoms with Crippen molar-refractivity contribution < 1.29 is 13.2 Å². The Morgan fingerprint density at radius 2 is 1.96 bits per heavy atom. The molecule has 8 heteroatoms. The zero-order valence-electron chi connectivity index (χ0n) is 17.4. The fourth-order valence-corrected chi connectivity index (χ4v) is 4.81. The maximum Gasteiger partial charge on any atom is 0.236 e. The average molecular weight is 411 g/mol. The number of para-hydroxylation sites is 1. The van der Waals surface area contributed by atoms with E-state index in [1.54, 1.807) is 7.05 Å². The van der Waals surface area contributed by atoms with Gasteiger partial charge in [0.25, 0.3) is 0 Å². The van der Waals surface area contributed by atoms with Gasteiger partial charge < -0.3 is 15.4 Å². The van der Waals surface area contributed by atoms with Gasteiger partial charge in [-0.2, -0.15) is 0 Å². The predicted molar refractivity (Wildman–Crippen MR) is 116 cm³/mol. The summed E-state index contributed by atoms with van der Waals surface area (Å²) in [6.45, 7) is 8.54. The molecule has 1 aromatic rings. The number of rotatable bonds is 10. The third kappa shape index (κ3) is 6.10. The highest BCUT2D eigenvalue weighted by atomic mass is 32.2. The SMILES string of the molecule is CCOC(CCNC(=NC)NCCS(=O)(=O)N1CCc2ccccc21)C(C)C. The number of ether oxygens (including phenoxy) is 1. The zero-order chi connectivity index (χ0) is 20.6. The van der Waals surface area contributed by atoms with Crippen LogP contribution in [0.15, 0.2) is 29.3 Å². The number of anilines is 1. The zero-order valence-corrected chi connectivity index (χ0v) is 18.3. The summed E-state index contributed by atoms with van der Waals surface area (Å²) in [5, 5.41) is 6.34. The minimum atomic E-state index is -3.36. The summed E-state index contributed by atoms with van der Waals surface area (Å²) in [6.07, 6.45) is 1.84. The average Bonchev–Trinajstić information content (AvgIpc) is 3.10. The molecule has 0 spiro atoms. The van der Waals surface area contributed by atoms with Crippen molar-refractivity contribution in [1.82, 2.24) is 10.6 Å². The highest BCUT2D eigenvalue weighted by Gasteiger charge is 2.28. The molecule has 0 aromatic heterocycles. The van der Waals surface area contributed by atoms with E-state index in [1.807, 2.05) is 31.2 Å². The quantitative estimate of drug-likeness (QED) is 0.455. The summed E-state index contributed by atoms with van der Waals surface area (Å²) in [5.74, 6) is 1.08. The lowest BCUT2D eigenvalue weighted by atomic mass is 10.0. The van der Waals surface area contributed by atoms with Crippen molar-refractivity contribution in [2.45, 2.75) is 39.7 Å². The van der Waals surface area contributed by atoms with Crippen LogP contribution < -0.4 is 14.9 Å². The molecule has 0 amide bonds. The Morgan fingerprint density at radius 1 is 1.25 bits per heavy atom. The summed E-state index contributed by atoms with van der Waals surface area (Å²) in [7, 11) is -1.68. The van der Waals surface area contributed by atoms with Gasteiger partial charge in [0.05, 0.1) is 17.5 Å². The molecule has 0 saturated heterocycles. The summed E-state index contributed by atoms with van der Waals surface area (Å²) >= 11 is 0. The van der Waals surface area contributed by atoms with E-state index in [-0.39, 0.29) is 11.9 Å². The molecule has 0 fully saturated rings. The van der Waals surface area contributed by atoms with Gasteiger partial charge in [-0.15, -0.1) is 0 Å². The topological polar surface area (TPSA) is 83.0 Å². The number of hydrogen-bond acceptors (Lipinski definition) is 4. The highest BCUT2D eigenvalue weighted by Crippen LogP contribution is 2.29. The van der Waals surface area contributed by atoms with Crippen molar-refractivity contribution >= 4 is 21.7 Å². The Kier molecular flexibility index (Phi) is 8.57. The second-order valence-corrected chi connectivity index (χ2v) is 9.23. The molecule has 1 atom stereocenters. The van der Waals surface area contributed by atoms with Crippen molar-refractivity contribution in [2.75, 3.05) is 43.3 Å². The molecule has 0 saturated carbocycles. The van der Waals surface area contributed by atoms with Crippen molar-refractivity contribution in [2.24, 2.45) is 10.9 Å². The number of aliphatic imine (C=N–C) groups is 1. The first-order valence-corrected chi connectivity index (χ1v) is 11.6. The Labute approximate surface area is 169 Å². The third-order valence-electron chi connectivity index (χ3n) is 4.90. The lowest BCUT2D eigenvalue weighted by Crippen LogP contribution is -2.42. The molecule has 2 rings (SSSR count). The molecule has 2 N–H and O–H groups in total. The smallest absolute Gasteiger partial charge is 0.236 e. The van der Waals surface area contributed by atoms with E-state index in [9.17, 15) is 8.42 Å². The first kappa shape index (κ1) is 22.5. The van der Waals surface area contributed by atoms with Crippen LogP contribution in [-0.4, -0.2) is 59.5 Å². The molecular formula is C20H34N4O3S. The first-order valence-electron chi connectivity index (χ1n) is 10.0. The Bertz CT molecular complexity index is 750. The van der Waals surface area contributed by atoms with Crippen LogP contribution in [0.3, 0.4) is 0 Å². The van der Waals surface area contributed by atoms with Crippen LogP contribution in [0.25, 0.3) is 0 Å². The second-order valence-electron chi connectivity index (χ2n) is 7.22. The fourth-order valence-electron chi connectivity index (χ4n) is 3.38. The van der Waals surface area contributed by atoms with Gasteiger partial charge in [-0.25, -0.2) is 8.42 Å². The minimum Gasteiger partial charge on any atom is -0.378 e. The lowest BCUT2D eigenvalue weighted by Gasteiger charge is -2.22. The Hall–Kier alpha value is -1.80. The fraction of sp³-hybridized carbons (Fsp3) is 0.650. The van der Waals surface area contributed by atoms with Gasteiger partial charge in [0.1, 0.15) is 0 Å². The van der Waals surface area contributed by atoms with E-state index in [0.29, 0.717) is 31.6 Å². The monoisotopic (exact) mass is 410 g/mol. The maximum absolute atomic E-state index is 12.7. The summed E-state index contributed by atoms with van der Waals surface area (Å²) < 4.78 is 32.7. The Morgan fingerprint density at radius 3 is 2.64 bits per heavy atom. The normalized spacial score (nSPS) is 15.6.